The van der Waals surface area contributed by atoms with Crippen molar-refractivity contribution in [3.8, 4) is 17.0 Å². The van der Waals surface area contributed by atoms with Crippen LogP contribution in [-0.2, 0) is 0 Å². The molecule has 1 amide bonds. The fourth-order valence-corrected chi connectivity index (χ4v) is 2.34. The number of primary amides is 1. The molecule has 1 aromatic heterocycles. The van der Waals surface area contributed by atoms with Crippen molar-refractivity contribution >= 4 is 5.91 Å². The molecule has 2 aromatic carbocycles. The number of amides is 1. The van der Waals surface area contributed by atoms with Crippen LogP contribution in [0.15, 0.2) is 47.1 Å². The first kappa shape index (κ1) is 18.5. The van der Waals surface area contributed by atoms with Crippen molar-refractivity contribution < 1.29 is 32.2 Å². The minimum atomic E-state index is -1.42. The lowest BCUT2D eigenvalue weighted by Gasteiger charge is -2.11. The number of hydrogen-bond donors (Lipinski definition) is 2. The molecular formula is C18H13F3N2O4. The monoisotopic (exact) mass is 378 g/mol. The Bertz CT molecular complexity index is 990. The van der Waals surface area contributed by atoms with Crippen LogP contribution < -0.4 is 10.5 Å². The van der Waals surface area contributed by atoms with E-state index in [0.29, 0.717) is 0 Å². The molecule has 0 aliphatic rings. The van der Waals surface area contributed by atoms with E-state index in [2.05, 4.69) is 4.98 Å². The molecule has 0 aliphatic heterocycles. The van der Waals surface area contributed by atoms with Crippen LogP contribution in [0.25, 0.3) is 11.3 Å². The SMILES string of the molecule is NC(=O)c1c(F)ccc(OCC(O)c2nc(-c3ccccc3F)co2)c1F. The minimum absolute atomic E-state index is 0.158. The van der Waals surface area contributed by atoms with Crippen LogP contribution in [0.5, 0.6) is 5.75 Å². The van der Waals surface area contributed by atoms with Crippen LogP contribution in [0, 0.1) is 17.5 Å². The van der Waals surface area contributed by atoms with Gasteiger partial charge in [-0.15, -0.1) is 0 Å². The third-order valence-electron chi connectivity index (χ3n) is 3.66. The van der Waals surface area contributed by atoms with Gasteiger partial charge in [-0.25, -0.2) is 18.2 Å². The number of carbonyl (C=O) groups excluding carboxylic acids is 1. The Hall–Kier alpha value is -3.33. The second-order valence-corrected chi connectivity index (χ2v) is 5.48. The number of ether oxygens (including phenoxy) is 1. The molecule has 140 valence electrons. The Morgan fingerprint density at radius 1 is 1.19 bits per heavy atom. The fraction of sp³-hybridized carbons (Fsp3) is 0.111. The van der Waals surface area contributed by atoms with Gasteiger partial charge in [-0.05, 0) is 24.3 Å². The highest BCUT2D eigenvalue weighted by molar-refractivity contribution is 5.93. The van der Waals surface area contributed by atoms with Crippen LogP contribution in [0.1, 0.15) is 22.4 Å². The van der Waals surface area contributed by atoms with Gasteiger partial charge in [-0.2, -0.15) is 0 Å². The number of carbonyl (C=O) groups is 1. The molecule has 6 nitrogen and oxygen atoms in total. The van der Waals surface area contributed by atoms with Crippen LogP contribution in [0.4, 0.5) is 13.2 Å². The predicted octanol–water partition coefficient (Wildman–Crippen LogP) is 2.97. The largest absolute Gasteiger partial charge is 0.487 e. The Balaban J connectivity index is 1.74. The minimum Gasteiger partial charge on any atom is -0.487 e. The standard InChI is InChI=1S/C18H13F3N2O4/c19-10-4-2-1-3-9(10)12-7-27-18(23-12)13(24)8-26-14-6-5-11(20)15(16(14)21)17(22)25/h1-7,13,24H,8H2,(H2,22,25). The maximum Gasteiger partial charge on any atom is 0.254 e. The van der Waals surface area contributed by atoms with Crippen molar-refractivity contribution in [1.29, 1.82) is 0 Å². The van der Waals surface area contributed by atoms with Gasteiger partial charge in [0.25, 0.3) is 5.91 Å². The summed E-state index contributed by atoms with van der Waals surface area (Å²) < 4.78 is 51.4. The molecule has 3 rings (SSSR count). The van der Waals surface area contributed by atoms with Crippen molar-refractivity contribution in [3.05, 3.63) is 71.6 Å². The number of aromatic nitrogens is 1. The zero-order valence-corrected chi connectivity index (χ0v) is 13.7. The van der Waals surface area contributed by atoms with Crippen molar-refractivity contribution in [1.82, 2.24) is 4.98 Å². The highest BCUT2D eigenvalue weighted by atomic mass is 19.1. The van der Waals surface area contributed by atoms with Crippen LogP contribution >= 0.6 is 0 Å². The molecule has 3 N–H and O–H groups in total. The summed E-state index contributed by atoms with van der Waals surface area (Å²) in [5.41, 5.74) is 4.31. The van der Waals surface area contributed by atoms with Gasteiger partial charge in [-0.3, -0.25) is 4.79 Å². The van der Waals surface area contributed by atoms with Gasteiger partial charge in [0.15, 0.2) is 17.7 Å². The first-order valence-electron chi connectivity index (χ1n) is 7.67. The average Bonchev–Trinajstić information content (AvgIpc) is 3.11. The van der Waals surface area contributed by atoms with Gasteiger partial charge in [0, 0.05) is 5.56 Å². The molecule has 1 atom stereocenters. The molecule has 1 heterocycles. The Labute approximate surface area is 151 Å². The normalized spacial score (nSPS) is 12.0. The van der Waals surface area contributed by atoms with Crippen LogP contribution in [-0.4, -0.2) is 22.6 Å². The Morgan fingerprint density at radius 2 is 1.93 bits per heavy atom. The lowest BCUT2D eigenvalue weighted by atomic mass is 10.1. The lowest BCUT2D eigenvalue weighted by Crippen LogP contribution is -2.17. The summed E-state index contributed by atoms with van der Waals surface area (Å²) in [6.45, 7) is -0.516. The van der Waals surface area contributed by atoms with Gasteiger partial charge in [0.1, 0.15) is 35.8 Å². The number of benzene rings is 2. The molecule has 0 spiro atoms. The van der Waals surface area contributed by atoms with Crippen LogP contribution in [0.3, 0.4) is 0 Å². The van der Waals surface area contributed by atoms with Gasteiger partial charge in [0.2, 0.25) is 5.89 Å². The van der Waals surface area contributed by atoms with Crippen molar-refractivity contribution in [2.75, 3.05) is 6.61 Å². The molecule has 0 bridgehead atoms. The average molecular weight is 378 g/mol. The summed E-state index contributed by atoms with van der Waals surface area (Å²) in [6.07, 6.45) is -0.271. The first-order chi connectivity index (χ1) is 12.9. The van der Waals surface area contributed by atoms with Crippen molar-refractivity contribution in [2.45, 2.75) is 6.10 Å². The maximum atomic E-state index is 14.1. The number of oxazole rings is 1. The zero-order chi connectivity index (χ0) is 19.6. The summed E-state index contributed by atoms with van der Waals surface area (Å²) in [4.78, 5) is 15.1. The third-order valence-corrected chi connectivity index (χ3v) is 3.66. The van der Waals surface area contributed by atoms with Gasteiger partial charge >= 0.3 is 0 Å². The smallest absolute Gasteiger partial charge is 0.254 e. The van der Waals surface area contributed by atoms with E-state index in [0.717, 1.165) is 18.4 Å². The molecule has 0 radical (unpaired) electrons. The van der Waals surface area contributed by atoms with Gasteiger partial charge < -0.3 is 20.0 Å². The van der Waals surface area contributed by atoms with Gasteiger partial charge in [-0.1, -0.05) is 12.1 Å². The Kier molecular flexibility index (Phi) is 5.13. The highest BCUT2D eigenvalue weighted by Gasteiger charge is 2.22. The maximum absolute atomic E-state index is 14.1. The second kappa shape index (κ2) is 7.50. The number of hydrogen-bond acceptors (Lipinski definition) is 5. The third kappa shape index (κ3) is 3.77. The lowest BCUT2D eigenvalue weighted by molar-refractivity contribution is 0.0819. The molecule has 3 aromatic rings. The van der Waals surface area contributed by atoms with E-state index < -0.39 is 47.4 Å². The molecule has 0 saturated carbocycles. The number of rotatable bonds is 6. The summed E-state index contributed by atoms with van der Waals surface area (Å²) >= 11 is 0. The van der Waals surface area contributed by atoms with Crippen molar-refractivity contribution in [2.24, 2.45) is 5.73 Å². The summed E-state index contributed by atoms with van der Waals surface area (Å²) in [6, 6.07) is 7.62. The van der Waals surface area contributed by atoms with E-state index in [1.807, 2.05) is 0 Å². The fourth-order valence-electron chi connectivity index (χ4n) is 2.34. The Morgan fingerprint density at radius 3 is 2.63 bits per heavy atom. The highest BCUT2D eigenvalue weighted by Crippen LogP contribution is 2.26. The first-order valence-corrected chi connectivity index (χ1v) is 7.67. The molecule has 1 unspecified atom stereocenters. The van der Waals surface area contributed by atoms with E-state index in [1.165, 1.54) is 18.2 Å². The summed E-state index contributed by atoms with van der Waals surface area (Å²) in [5.74, 6) is -4.89. The molecule has 0 saturated heterocycles. The second-order valence-electron chi connectivity index (χ2n) is 5.48. The summed E-state index contributed by atoms with van der Waals surface area (Å²) in [5, 5.41) is 10.1. The number of nitrogens with two attached hydrogens (primary N) is 1. The molecule has 9 heteroatoms. The quantitative estimate of drug-likeness (QED) is 0.687. The van der Waals surface area contributed by atoms with Gasteiger partial charge in [0.05, 0.1) is 0 Å². The number of halogens is 3. The van der Waals surface area contributed by atoms with Crippen LogP contribution in [0.2, 0.25) is 0 Å². The van der Waals surface area contributed by atoms with Crippen molar-refractivity contribution in [3.63, 3.8) is 0 Å². The molecule has 0 aliphatic carbocycles. The number of nitrogens with zero attached hydrogens (tertiary/aromatic N) is 1. The molecule has 27 heavy (non-hydrogen) atoms. The zero-order valence-electron chi connectivity index (χ0n) is 13.7. The van der Waals surface area contributed by atoms with E-state index >= 15 is 0 Å². The number of aliphatic hydroxyl groups excluding tert-OH is 1. The van der Waals surface area contributed by atoms with E-state index in [1.54, 1.807) is 6.07 Å². The predicted molar refractivity (Wildman–Crippen MR) is 87.2 cm³/mol. The number of aliphatic hydroxyl groups is 1. The van der Waals surface area contributed by atoms with E-state index in [4.69, 9.17) is 14.9 Å². The van der Waals surface area contributed by atoms with E-state index in [9.17, 15) is 23.1 Å². The molecular weight excluding hydrogens is 365 g/mol. The van der Waals surface area contributed by atoms with E-state index in [-0.39, 0.29) is 17.1 Å². The topological polar surface area (TPSA) is 98.6 Å². The summed E-state index contributed by atoms with van der Waals surface area (Å²) in [7, 11) is 0. The molecule has 0 fully saturated rings.